The van der Waals surface area contributed by atoms with Crippen LogP contribution in [0.3, 0.4) is 0 Å². The van der Waals surface area contributed by atoms with E-state index in [9.17, 15) is 9.90 Å². The smallest absolute Gasteiger partial charge is 0.0749 e. The molecule has 4 nitrogen and oxygen atoms in total. The fourth-order valence-corrected chi connectivity index (χ4v) is 2.04. The van der Waals surface area contributed by atoms with Crippen molar-refractivity contribution in [2.45, 2.75) is 19.8 Å². The molecule has 1 aromatic carbocycles. The Bertz CT molecular complexity index is 578. The summed E-state index contributed by atoms with van der Waals surface area (Å²) in [5.41, 5.74) is 1.52. The van der Waals surface area contributed by atoms with Crippen LogP contribution < -0.4 is 5.11 Å². The number of nitrogens with zero attached hydrogens (tertiary/aromatic N) is 2. The van der Waals surface area contributed by atoms with E-state index in [0.717, 1.165) is 12.1 Å². The third-order valence-corrected chi connectivity index (χ3v) is 2.86. The van der Waals surface area contributed by atoms with Gasteiger partial charge in [-0.25, -0.2) is 4.68 Å². The molecule has 0 aliphatic heterocycles. The molecular formula is C13H12ClN2O2-. The molecule has 0 fully saturated rings. The predicted octanol–water partition coefficient (Wildman–Crippen LogP) is 1.84. The van der Waals surface area contributed by atoms with Gasteiger partial charge in [0.1, 0.15) is 0 Å². The van der Waals surface area contributed by atoms with Crippen LogP contribution in [0.2, 0.25) is 5.02 Å². The van der Waals surface area contributed by atoms with Crippen LogP contribution in [0.4, 0.5) is 0 Å². The second-order valence-corrected chi connectivity index (χ2v) is 4.37. The van der Waals surface area contributed by atoms with Gasteiger partial charge in [0.15, 0.2) is 0 Å². The molecule has 0 saturated carbocycles. The number of hydrogen-bond acceptors (Lipinski definition) is 3. The molecule has 0 saturated heterocycles. The average molecular weight is 264 g/mol. The van der Waals surface area contributed by atoms with Crippen molar-refractivity contribution < 1.29 is 9.90 Å². The molecule has 0 radical (unpaired) electrons. The van der Waals surface area contributed by atoms with Gasteiger partial charge >= 0.3 is 0 Å². The van der Waals surface area contributed by atoms with E-state index >= 15 is 0 Å². The van der Waals surface area contributed by atoms with Crippen molar-refractivity contribution in [3.63, 3.8) is 0 Å². The quantitative estimate of drug-likeness (QED) is 0.846. The number of carboxylic acids is 1. The predicted molar refractivity (Wildman–Crippen MR) is 66.9 cm³/mol. The normalized spacial score (nSPS) is 10.6. The Morgan fingerprint density at radius 2 is 2.28 bits per heavy atom. The fraction of sp³-hybridized carbons (Fsp3) is 0.231. The van der Waals surface area contributed by atoms with Crippen LogP contribution >= 0.6 is 11.6 Å². The summed E-state index contributed by atoms with van der Waals surface area (Å²) in [6, 6.07) is 7.13. The highest BCUT2D eigenvalue weighted by Crippen LogP contribution is 2.19. The summed E-state index contributed by atoms with van der Waals surface area (Å²) in [5, 5.41) is 15.7. The number of halogens is 1. The third kappa shape index (κ3) is 2.38. The van der Waals surface area contributed by atoms with Crippen LogP contribution in [0.1, 0.15) is 29.4 Å². The van der Waals surface area contributed by atoms with Gasteiger partial charge in [0.25, 0.3) is 0 Å². The number of benzene rings is 1. The van der Waals surface area contributed by atoms with Gasteiger partial charge in [0, 0.05) is 10.6 Å². The van der Waals surface area contributed by atoms with Gasteiger partial charge < -0.3 is 9.90 Å². The zero-order valence-electron chi connectivity index (χ0n) is 9.89. The van der Waals surface area contributed by atoms with Gasteiger partial charge in [-0.1, -0.05) is 31.0 Å². The summed E-state index contributed by atoms with van der Waals surface area (Å²) in [7, 11) is 0. The maximum Gasteiger partial charge on any atom is 0.0749 e. The lowest BCUT2D eigenvalue weighted by atomic mass is 10.1. The first-order valence-electron chi connectivity index (χ1n) is 5.67. The lowest BCUT2D eigenvalue weighted by Gasteiger charge is -2.09. The van der Waals surface area contributed by atoms with Crippen molar-refractivity contribution in [2.75, 3.05) is 0 Å². The van der Waals surface area contributed by atoms with Crippen molar-refractivity contribution in [3.8, 4) is 5.69 Å². The molecule has 18 heavy (non-hydrogen) atoms. The Balaban J connectivity index is 2.54. The van der Waals surface area contributed by atoms with Gasteiger partial charge in [-0.05, 0) is 24.6 Å². The molecule has 2 aromatic rings. The van der Waals surface area contributed by atoms with Crippen molar-refractivity contribution in [2.24, 2.45) is 0 Å². The van der Waals surface area contributed by atoms with Crippen molar-refractivity contribution in [3.05, 3.63) is 46.7 Å². The number of aromatic carboxylic acids is 1. The van der Waals surface area contributed by atoms with Gasteiger partial charge in [0.05, 0.1) is 23.5 Å². The molecule has 0 aliphatic rings. The molecule has 0 unspecified atom stereocenters. The van der Waals surface area contributed by atoms with E-state index in [1.54, 1.807) is 22.9 Å². The molecule has 0 atom stereocenters. The number of carboxylic acid groups (broad SMARTS) is 1. The monoisotopic (exact) mass is 263 g/mol. The number of rotatable bonds is 4. The molecule has 0 spiro atoms. The Labute approximate surface area is 110 Å². The summed E-state index contributed by atoms with van der Waals surface area (Å²) in [6.45, 7) is 1.98. The van der Waals surface area contributed by atoms with Crippen LogP contribution in [0.25, 0.3) is 5.69 Å². The number of carbonyl (C=O) groups excluding carboxylic acids is 1. The first-order valence-corrected chi connectivity index (χ1v) is 6.05. The Morgan fingerprint density at radius 1 is 1.50 bits per heavy atom. The van der Waals surface area contributed by atoms with Crippen LogP contribution in [0.15, 0.2) is 30.5 Å². The summed E-state index contributed by atoms with van der Waals surface area (Å²) in [6.07, 6.45) is 2.77. The average Bonchev–Trinajstić information content (AvgIpc) is 2.73. The summed E-state index contributed by atoms with van der Waals surface area (Å²) in [5.74, 6) is -1.20. The van der Waals surface area contributed by atoms with Gasteiger partial charge in [-0.3, -0.25) is 0 Å². The van der Waals surface area contributed by atoms with E-state index < -0.39 is 5.97 Å². The highest BCUT2D eigenvalue weighted by molar-refractivity contribution is 6.30. The van der Waals surface area contributed by atoms with Gasteiger partial charge in [-0.15, -0.1) is 0 Å². The second kappa shape index (κ2) is 5.23. The summed E-state index contributed by atoms with van der Waals surface area (Å²) in [4.78, 5) is 11.0. The lowest BCUT2D eigenvalue weighted by Crippen LogP contribution is -2.23. The minimum Gasteiger partial charge on any atom is -0.545 e. The zero-order chi connectivity index (χ0) is 13.1. The molecule has 2 rings (SSSR count). The van der Waals surface area contributed by atoms with Crippen LogP contribution in [0.5, 0.6) is 0 Å². The summed E-state index contributed by atoms with van der Waals surface area (Å²) < 4.78 is 1.60. The van der Waals surface area contributed by atoms with E-state index in [1.807, 2.05) is 13.0 Å². The second-order valence-electron chi connectivity index (χ2n) is 3.93. The first-order chi connectivity index (χ1) is 8.63. The van der Waals surface area contributed by atoms with Crippen molar-refractivity contribution in [1.82, 2.24) is 9.78 Å². The minimum atomic E-state index is -1.20. The Hall–Kier alpha value is -1.81. The Morgan fingerprint density at radius 3 is 2.89 bits per heavy atom. The van der Waals surface area contributed by atoms with Crippen LogP contribution in [-0.4, -0.2) is 15.7 Å². The maximum absolute atomic E-state index is 11.0. The Kier molecular flexibility index (Phi) is 3.67. The number of carbonyl (C=O) groups is 1. The maximum atomic E-state index is 11.0. The van der Waals surface area contributed by atoms with E-state index in [0.29, 0.717) is 17.1 Å². The van der Waals surface area contributed by atoms with E-state index in [-0.39, 0.29) is 5.56 Å². The zero-order valence-corrected chi connectivity index (χ0v) is 10.6. The fourth-order valence-electron chi connectivity index (χ4n) is 1.85. The molecule has 0 aliphatic carbocycles. The molecule has 0 bridgehead atoms. The third-order valence-electron chi connectivity index (χ3n) is 2.63. The molecule has 1 heterocycles. The van der Waals surface area contributed by atoms with Gasteiger partial charge in [0.2, 0.25) is 0 Å². The number of aromatic nitrogens is 2. The molecular weight excluding hydrogens is 252 g/mol. The van der Waals surface area contributed by atoms with E-state index in [1.165, 1.54) is 6.20 Å². The van der Waals surface area contributed by atoms with E-state index in [4.69, 9.17) is 11.6 Å². The van der Waals surface area contributed by atoms with E-state index in [2.05, 4.69) is 5.10 Å². The first kappa shape index (κ1) is 12.6. The lowest BCUT2D eigenvalue weighted by molar-refractivity contribution is -0.255. The van der Waals surface area contributed by atoms with Crippen molar-refractivity contribution in [1.29, 1.82) is 0 Å². The van der Waals surface area contributed by atoms with Crippen LogP contribution in [-0.2, 0) is 6.42 Å². The molecule has 5 heteroatoms. The topological polar surface area (TPSA) is 57.9 Å². The highest BCUT2D eigenvalue weighted by Gasteiger charge is 2.12. The highest BCUT2D eigenvalue weighted by atomic mass is 35.5. The largest absolute Gasteiger partial charge is 0.545 e. The summed E-state index contributed by atoms with van der Waals surface area (Å²) >= 11 is 5.92. The SMILES string of the molecule is CCCc1c(C(=O)[O-])cnn1-c1cccc(Cl)c1. The van der Waals surface area contributed by atoms with Crippen molar-refractivity contribution >= 4 is 17.6 Å². The molecule has 0 amide bonds. The molecule has 94 valence electrons. The number of hydrogen-bond donors (Lipinski definition) is 0. The molecule has 0 N–H and O–H groups in total. The molecule has 1 aromatic heterocycles. The van der Waals surface area contributed by atoms with Crippen LogP contribution in [0, 0.1) is 0 Å². The van der Waals surface area contributed by atoms with Gasteiger partial charge in [-0.2, -0.15) is 5.10 Å². The minimum absolute atomic E-state index is 0.136. The standard InChI is InChI=1S/C13H13ClN2O2/c1-2-4-12-11(13(17)18)8-15-16(12)10-6-3-5-9(14)7-10/h3,5-8H,2,4H2,1H3,(H,17,18)/p-1.